The molecule has 1 aromatic rings. The van der Waals surface area contributed by atoms with E-state index in [4.69, 9.17) is 0 Å². The van der Waals surface area contributed by atoms with E-state index in [1.165, 1.54) is 12.8 Å². The quantitative estimate of drug-likeness (QED) is 0.798. The Morgan fingerprint density at radius 3 is 1.88 bits per heavy atom. The van der Waals surface area contributed by atoms with Crippen LogP contribution in [0.25, 0.3) is 0 Å². The topological polar surface area (TPSA) is 0 Å². The molecule has 84 valence electrons. The second-order valence-corrected chi connectivity index (χ2v) is 10.8. The van der Waals surface area contributed by atoms with Gasteiger partial charge in [-0.25, -0.2) is 0 Å². The van der Waals surface area contributed by atoms with Crippen LogP contribution in [0, 0.1) is 0 Å². The van der Waals surface area contributed by atoms with Crippen molar-refractivity contribution >= 4 is 3.27 Å². The smallest absolute Gasteiger partial charge is 1.00 e. The molecule has 3 rings (SSSR count). The van der Waals surface area contributed by atoms with Crippen molar-refractivity contribution < 1.29 is 23.2 Å². The first kappa shape index (κ1) is 11.2. The molecule has 0 amide bonds. The molecule has 2 aliphatic carbocycles. The molecule has 0 heterocycles. The van der Waals surface area contributed by atoms with E-state index in [2.05, 4.69) is 66.8 Å². The monoisotopic (exact) mass is 298 g/mol. The van der Waals surface area contributed by atoms with Crippen LogP contribution in [0.2, 0.25) is 0 Å². The summed E-state index contributed by atoms with van der Waals surface area (Å²) in [5.74, 6) is 0. The summed E-state index contributed by atoms with van der Waals surface area (Å²) >= 11 is -1.75. The zero-order chi connectivity index (χ0) is 11.5. The van der Waals surface area contributed by atoms with Gasteiger partial charge in [-0.1, -0.05) is 0 Å². The van der Waals surface area contributed by atoms with E-state index in [1.807, 2.05) is 0 Å². The van der Waals surface area contributed by atoms with E-state index in [0.717, 1.165) is 0 Å². The van der Waals surface area contributed by atoms with E-state index in [0.29, 0.717) is 0 Å². The molecule has 0 unspecified atom stereocenters. The molecule has 0 radical (unpaired) electrons. The summed E-state index contributed by atoms with van der Waals surface area (Å²) in [5, 5.41) is 0. The van der Waals surface area contributed by atoms with E-state index in [-0.39, 0.29) is 1.43 Å². The van der Waals surface area contributed by atoms with Crippen molar-refractivity contribution in [1.82, 2.24) is 0 Å². The van der Waals surface area contributed by atoms with Gasteiger partial charge in [0, 0.05) is 0 Å². The maximum atomic E-state index is 2.36. The van der Waals surface area contributed by atoms with Gasteiger partial charge in [-0.15, -0.1) is 0 Å². The Morgan fingerprint density at radius 1 is 0.824 bits per heavy atom. The van der Waals surface area contributed by atoms with Crippen LogP contribution in [-0.4, -0.2) is 0 Å². The van der Waals surface area contributed by atoms with Crippen LogP contribution in [0.15, 0.2) is 73.3 Å². The van der Waals surface area contributed by atoms with Crippen LogP contribution in [0.3, 0.4) is 0 Å². The van der Waals surface area contributed by atoms with Gasteiger partial charge in [0.05, 0.1) is 0 Å². The average Bonchev–Trinajstić information content (AvgIpc) is 3.04. The van der Waals surface area contributed by atoms with Gasteiger partial charge >= 0.3 is 111 Å². The van der Waals surface area contributed by atoms with Crippen LogP contribution in [0.1, 0.15) is 14.3 Å². The molecule has 1 aromatic carbocycles. The molecule has 0 atom stereocenters. The van der Waals surface area contributed by atoms with Crippen LogP contribution >= 0.6 is 0 Å². The molecular formula is C16H16Zr. The maximum absolute atomic E-state index is 2.36. The third-order valence-corrected chi connectivity index (χ3v) is 10.5. The number of benzene rings is 1. The molecule has 0 spiro atoms. The maximum Gasteiger partial charge on any atom is -1.00 e. The Labute approximate surface area is 112 Å². The summed E-state index contributed by atoms with van der Waals surface area (Å²) in [5.41, 5.74) is 0. The van der Waals surface area contributed by atoms with E-state index >= 15 is 0 Å². The molecule has 0 saturated carbocycles. The molecule has 0 bridgehead atoms. The first-order valence-electron chi connectivity index (χ1n) is 6.09. The molecular weight excluding hydrogens is 283 g/mol. The Morgan fingerprint density at radius 2 is 1.41 bits per heavy atom. The molecule has 0 aromatic heterocycles. The second kappa shape index (κ2) is 5.14. The third-order valence-electron chi connectivity index (χ3n) is 3.25. The second-order valence-electron chi connectivity index (χ2n) is 4.39. The summed E-state index contributed by atoms with van der Waals surface area (Å²) in [4.78, 5) is 0. The first-order valence-corrected chi connectivity index (χ1v) is 9.78. The molecule has 2 aliphatic rings. The summed E-state index contributed by atoms with van der Waals surface area (Å²) in [6, 6.07) is 11.1. The van der Waals surface area contributed by atoms with Crippen molar-refractivity contribution in [3.05, 3.63) is 73.3 Å². The fourth-order valence-electron chi connectivity index (χ4n) is 2.45. The Bertz CT molecular complexity index is 493. The van der Waals surface area contributed by atoms with Gasteiger partial charge in [-0.3, -0.25) is 0 Å². The van der Waals surface area contributed by atoms with Gasteiger partial charge in [-0.2, -0.15) is 0 Å². The molecule has 0 nitrogen and oxygen atoms in total. The van der Waals surface area contributed by atoms with Gasteiger partial charge in [0.15, 0.2) is 0 Å². The fourth-order valence-corrected chi connectivity index (χ4v) is 9.45. The summed E-state index contributed by atoms with van der Waals surface area (Å²) in [6.45, 7) is 0. The minimum Gasteiger partial charge on any atom is -1.00 e. The van der Waals surface area contributed by atoms with Crippen LogP contribution in [-0.2, 0) is 21.8 Å². The molecule has 0 aliphatic heterocycles. The predicted octanol–water partition coefficient (Wildman–Crippen LogP) is 3.73. The van der Waals surface area contributed by atoms with Crippen molar-refractivity contribution in [3.63, 3.8) is 0 Å². The van der Waals surface area contributed by atoms with E-state index < -0.39 is 21.8 Å². The summed E-state index contributed by atoms with van der Waals surface area (Å²) < 4.78 is 5.04. The van der Waals surface area contributed by atoms with Crippen molar-refractivity contribution in [2.45, 2.75) is 12.8 Å². The third kappa shape index (κ3) is 2.35. The van der Waals surface area contributed by atoms with Crippen LogP contribution in [0.5, 0.6) is 0 Å². The van der Waals surface area contributed by atoms with Crippen LogP contribution < -0.4 is 3.27 Å². The number of hydrogen-bond donors (Lipinski definition) is 0. The first-order chi connectivity index (χ1) is 8.45. The van der Waals surface area contributed by atoms with Crippen molar-refractivity contribution in [2.75, 3.05) is 0 Å². The van der Waals surface area contributed by atoms with Crippen LogP contribution in [0.4, 0.5) is 0 Å². The van der Waals surface area contributed by atoms with Crippen molar-refractivity contribution in [3.8, 4) is 0 Å². The number of allylic oxidation sites excluding steroid dienone is 8. The van der Waals surface area contributed by atoms with Gasteiger partial charge in [0.1, 0.15) is 0 Å². The van der Waals surface area contributed by atoms with Crippen molar-refractivity contribution in [1.29, 1.82) is 0 Å². The number of rotatable bonds is 3. The van der Waals surface area contributed by atoms with Gasteiger partial charge in [0.2, 0.25) is 0 Å². The van der Waals surface area contributed by atoms with Crippen molar-refractivity contribution in [2.24, 2.45) is 0 Å². The Balaban J connectivity index is 0.00000120. The zero-order valence-corrected chi connectivity index (χ0v) is 12.2. The normalized spacial score (nSPS) is 17.2. The summed E-state index contributed by atoms with van der Waals surface area (Å²) in [7, 11) is 0. The zero-order valence-electron chi connectivity index (χ0n) is 10.8. The van der Waals surface area contributed by atoms with Gasteiger partial charge in [0.25, 0.3) is 0 Å². The minimum absolute atomic E-state index is 0. The van der Waals surface area contributed by atoms with E-state index in [9.17, 15) is 0 Å². The Kier molecular flexibility index (Phi) is 3.38. The molecule has 1 heteroatoms. The van der Waals surface area contributed by atoms with E-state index in [1.54, 1.807) is 9.83 Å². The predicted molar refractivity (Wildman–Crippen MR) is 70.9 cm³/mol. The largest absolute Gasteiger partial charge is 1.00 e. The summed E-state index contributed by atoms with van der Waals surface area (Å²) in [6.07, 6.45) is 16.1. The van der Waals surface area contributed by atoms with Gasteiger partial charge < -0.3 is 1.43 Å². The van der Waals surface area contributed by atoms with Gasteiger partial charge in [-0.05, 0) is 0 Å². The average molecular weight is 300 g/mol. The fraction of sp³-hybridized carbons (Fsp3) is 0.125. The standard InChI is InChI=1S/C6H5.2C5H5.Zr.H/c1-2-4-6-5-3-1;2*1-2-4-5-3-1;;/h1-5H;2*1-3H,4H2;;/q;;;+1;-1. The molecule has 0 fully saturated rings. The minimum atomic E-state index is -1.75. The Hall–Kier alpha value is -0.937. The SMILES string of the molecule is C1=CC[C]([Zr+]([C]2=CC=CC2)[c]2ccccc2)=C1.[H-]. The molecule has 0 N–H and O–H groups in total. The number of hydrogen-bond acceptors (Lipinski definition) is 0. The molecule has 17 heavy (non-hydrogen) atoms. The molecule has 0 saturated heterocycles.